The third-order valence-corrected chi connectivity index (χ3v) is 3.63. The lowest BCUT2D eigenvalue weighted by Crippen LogP contribution is -2.23. The topological polar surface area (TPSA) is 98.1 Å². The Balaban J connectivity index is 1.75. The second-order valence-electron chi connectivity index (χ2n) is 5.39. The highest BCUT2D eigenvalue weighted by Crippen LogP contribution is 2.18. The zero-order valence-electron chi connectivity index (χ0n) is 13.7. The van der Waals surface area contributed by atoms with Gasteiger partial charge in [0.1, 0.15) is 0 Å². The standard InChI is InChI=1S/C15H21N7O2/c1-2-24-12(23)6-8-16-13-18-14(21-9-3-4-10-21)20-15(19-13)22-11-5-7-17-22/h5,7,11H,2-4,6,8-10H2,1H3,(H,16,18,19,20). The highest BCUT2D eigenvalue weighted by atomic mass is 16.5. The normalized spacial score (nSPS) is 14.0. The smallest absolute Gasteiger partial charge is 0.307 e. The zero-order valence-corrected chi connectivity index (χ0v) is 13.7. The fourth-order valence-corrected chi connectivity index (χ4v) is 2.49. The highest BCUT2D eigenvalue weighted by Gasteiger charge is 2.18. The van der Waals surface area contributed by atoms with Crippen molar-refractivity contribution in [1.29, 1.82) is 0 Å². The van der Waals surface area contributed by atoms with E-state index in [4.69, 9.17) is 4.74 Å². The predicted octanol–water partition coefficient (Wildman–Crippen LogP) is 1.02. The van der Waals surface area contributed by atoms with Crippen LogP contribution < -0.4 is 10.2 Å². The van der Waals surface area contributed by atoms with Gasteiger partial charge in [-0.2, -0.15) is 20.1 Å². The summed E-state index contributed by atoms with van der Waals surface area (Å²) in [7, 11) is 0. The lowest BCUT2D eigenvalue weighted by Gasteiger charge is -2.16. The third kappa shape index (κ3) is 3.98. The molecule has 1 fully saturated rings. The molecular formula is C15H21N7O2. The molecule has 0 saturated carbocycles. The van der Waals surface area contributed by atoms with E-state index in [0.29, 0.717) is 31.0 Å². The quantitative estimate of drug-likeness (QED) is 0.751. The van der Waals surface area contributed by atoms with Crippen molar-refractivity contribution in [2.75, 3.05) is 36.5 Å². The van der Waals surface area contributed by atoms with Gasteiger partial charge >= 0.3 is 5.97 Å². The van der Waals surface area contributed by atoms with E-state index in [1.165, 1.54) is 0 Å². The van der Waals surface area contributed by atoms with Gasteiger partial charge in [0.05, 0.1) is 13.0 Å². The molecule has 0 aromatic carbocycles. The van der Waals surface area contributed by atoms with E-state index in [1.54, 1.807) is 24.0 Å². The Morgan fingerprint density at radius 3 is 2.75 bits per heavy atom. The number of nitrogens with one attached hydrogen (secondary N) is 1. The predicted molar refractivity (Wildman–Crippen MR) is 88.1 cm³/mol. The van der Waals surface area contributed by atoms with Gasteiger partial charge in [0.2, 0.25) is 11.9 Å². The second kappa shape index (κ2) is 7.71. The first kappa shape index (κ1) is 16.2. The van der Waals surface area contributed by atoms with Crippen molar-refractivity contribution in [2.24, 2.45) is 0 Å². The minimum absolute atomic E-state index is 0.244. The molecule has 3 rings (SSSR count). The average Bonchev–Trinajstić information content (AvgIpc) is 3.29. The van der Waals surface area contributed by atoms with Gasteiger partial charge in [0.15, 0.2) is 0 Å². The number of esters is 1. The molecule has 1 N–H and O–H groups in total. The van der Waals surface area contributed by atoms with Crippen LogP contribution in [-0.2, 0) is 9.53 Å². The van der Waals surface area contributed by atoms with Crippen LogP contribution in [0, 0.1) is 0 Å². The first-order valence-corrected chi connectivity index (χ1v) is 8.17. The van der Waals surface area contributed by atoms with Crippen LogP contribution in [0.5, 0.6) is 0 Å². The van der Waals surface area contributed by atoms with Gasteiger partial charge in [0, 0.05) is 32.0 Å². The van der Waals surface area contributed by atoms with E-state index in [-0.39, 0.29) is 12.4 Å². The largest absolute Gasteiger partial charge is 0.466 e. The average molecular weight is 331 g/mol. The molecule has 0 spiro atoms. The molecule has 24 heavy (non-hydrogen) atoms. The van der Waals surface area contributed by atoms with Crippen LogP contribution in [0.25, 0.3) is 5.95 Å². The molecule has 0 unspecified atom stereocenters. The van der Waals surface area contributed by atoms with Crippen molar-refractivity contribution in [2.45, 2.75) is 26.2 Å². The lowest BCUT2D eigenvalue weighted by atomic mass is 10.4. The first-order valence-electron chi connectivity index (χ1n) is 8.17. The Morgan fingerprint density at radius 1 is 1.25 bits per heavy atom. The molecule has 1 saturated heterocycles. The van der Waals surface area contributed by atoms with Crippen molar-refractivity contribution in [1.82, 2.24) is 24.7 Å². The second-order valence-corrected chi connectivity index (χ2v) is 5.39. The van der Waals surface area contributed by atoms with E-state index >= 15 is 0 Å². The Labute approximate surface area is 140 Å². The van der Waals surface area contributed by atoms with E-state index in [1.807, 2.05) is 6.07 Å². The maximum absolute atomic E-state index is 11.4. The third-order valence-electron chi connectivity index (χ3n) is 3.63. The molecule has 2 aromatic heterocycles. The fourth-order valence-electron chi connectivity index (χ4n) is 2.49. The Kier molecular flexibility index (Phi) is 5.19. The molecule has 0 atom stereocenters. The summed E-state index contributed by atoms with van der Waals surface area (Å²) in [5.74, 6) is 1.27. The van der Waals surface area contributed by atoms with Crippen LogP contribution in [0.1, 0.15) is 26.2 Å². The van der Waals surface area contributed by atoms with Crippen LogP contribution in [0.3, 0.4) is 0 Å². The lowest BCUT2D eigenvalue weighted by molar-refractivity contribution is -0.142. The number of nitrogens with zero attached hydrogens (tertiary/aromatic N) is 6. The van der Waals surface area contributed by atoms with Gasteiger partial charge in [-0.3, -0.25) is 4.79 Å². The molecule has 0 bridgehead atoms. The Bertz CT molecular complexity index is 668. The molecule has 3 heterocycles. The van der Waals surface area contributed by atoms with Gasteiger partial charge in [-0.1, -0.05) is 0 Å². The highest BCUT2D eigenvalue weighted by molar-refractivity contribution is 5.69. The van der Waals surface area contributed by atoms with Gasteiger partial charge in [-0.05, 0) is 25.8 Å². The van der Waals surface area contributed by atoms with Gasteiger partial charge in [-0.15, -0.1) is 0 Å². The van der Waals surface area contributed by atoms with Crippen LogP contribution >= 0.6 is 0 Å². The van der Waals surface area contributed by atoms with Crippen molar-refractivity contribution in [3.8, 4) is 5.95 Å². The Hall–Kier alpha value is -2.71. The monoisotopic (exact) mass is 331 g/mol. The molecule has 128 valence electrons. The van der Waals surface area contributed by atoms with E-state index in [2.05, 4.69) is 30.3 Å². The van der Waals surface area contributed by atoms with Gasteiger partial charge < -0.3 is 15.0 Å². The molecule has 0 aliphatic carbocycles. The minimum Gasteiger partial charge on any atom is -0.466 e. The van der Waals surface area contributed by atoms with E-state index < -0.39 is 0 Å². The number of hydrogen-bond acceptors (Lipinski definition) is 8. The molecule has 9 heteroatoms. The molecular weight excluding hydrogens is 310 g/mol. The maximum Gasteiger partial charge on any atom is 0.307 e. The summed E-state index contributed by atoms with van der Waals surface area (Å²) in [4.78, 5) is 26.9. The fraction of sp³-hybridized carbons (Fsp3) is 0.533. The van der Waals surface area contributed by atoms with Crippen molar-refractivity contribution in [3.05, 3.63) is 18.5 Å². The molecule has 0 radical (unpaired) electrons. The van der Waals surface area contributed by atoms with Crippen LogP contribution in [0.2, 0.25) is 0 Å². The summed E-state index contributed by atoms with van der Waals surface area (Å²) in [6, 6.07) is 1.81. The summed E-state index contributed by atoms with van der Waals surface area (Å²) >= 11 is 0. The SMILES string of the molecule is CCOC(=O)CCNc1nc(N2CCCC2)nc(-n2cccn2)n1. The number of aromatic nitrogens is 5. The summed E-state index contributed by atoms with van der Waals surface area (Å²) in [5.41, 5.74) is 0. The maximum atomic E-state index is 11.4. The van der Waals surface area contributed by atoms with Crippen LogP contribution in [-0.4, -0.2) is 56.9 Å². The number of ether oxygens (including phenoxy) is 1. The van der Waals surface area contributed by atoms with Crippen molar-refractivity contribution in [3.63, 3.8) is 0 Å². The Morgan fingerprint density at radius 2 is 2.04 bits per heavy atom. The summed E-state index contributed by atoms with van der Waals surface area (Å²) in [6.07, 6.45) is 5.98. The van der Waals surface area contributed by atoms with Crippen LogP contribution in [0.15, 0.2) is 18.5 Å². The van der Waals surface area contributed by atoms with E-state index in [9.17, 15) is 4.79 Å². The summed E-state index contributed by atoms with van der Waals surface area (Å²) in [5, 5.41) is 7.24. The number of carbonyl (C=O) groups excluding carboxylic acids is 1. The number of anilines is 2. The molecule has 0 amide bonds. The van der Waals surface area contributed by atoms with Gasteiger partial charge in [0.25, 0.3) is 5.95 Å². The number of carbonyl (C=O) groups is 1. The van der Waals surface area contributed by atoms with Crippen molar-refractivity contribution < 1.29 is 9.53 Å². The first-order chi connectivity index (χ1) is 11.8. The zero-order chi connectivity index (χ0) is 16.8. The van der Waals surface area contributed by atoms with Gasteiger partial charge in [-0.25, -0.2) is 4.68 Å². The molecule has 9 nitrogen and oxygen atoms in total. The van der Waals surface area contributed by atoms with E-state index in [0.717, 1.165) is 25.9 Å². The minimum atomic E-state index is -0.244. The number of hydrogen-bond donors (Lipinski definition) is 1. The summed E-state index contributed by atoms with van der Waals surface area (Å²) in [6.45, 7) is 4.44. The van der Waals surface area contributed by atoms with Crippen LogP contribution in [0.4, 0.5) is 11.9 Å². The number of rotatable bonds is 7. The van der Waals surface area contributed by atoms with Crippen molar-refractivity contribution >= 4 is 17.9 Å². The summed E-state index contributed by atoms with van der Waals surface area (Å²) < 4.78 is 6.51. The molecule has 1 aliphatic rings. The molecule has 1 aliphatic heterocycles. The molecule has 2 aromatic rings.